The summed E-state index contributed by atoms with van der Waals surface area (Å²) in [6.45, 7) is 3.24. The molecule has 2 aromatic rings. The van der Waals surface area contributed by atoms with Gasteiger partial charge >= 0.3 is 0 Å². The third kappa shape index (κ3) is 3.62. The van der Waals surface area contributed by atoms with E-state index in [2.05, 4.69) is 6.92 Å². The molecule has 1 heterocycles. The molecule has 2 rings (SSSR count). The molecule has 4 nitrogen and oxygen atoms in total. The van der Waals surface area contributed by atoms with Crippen LogP contribution in [0.25, 0.3) is 0 Å². The highest BCUT2D eigenvalue weighted by Crippen LogP contribution is 2.25. The van der Waals surface area contributed by atoms with Crippen LogP contribution >= 0.6 is 0 Å². The van der Waals surface area contributed by atoms with Crippen molar-refractivity contribution in [3.63, 3.8) is 0 Å². The first-order valence-electron chi connectivity index (χ1n) is 6.80. The van der Waals surface area contributed by atoms with Crippen molar-refractivity contribution < 1.29 is 13.9 Å². The van der Waals surface area contributed by atoms with Crippen LogP contribution in [0.15, 0.2) is 40.8 Å². The second-order valence-corrected chi connectivity index (χ2v) is 4.64. The van der Waals surface area contributed by atoms with Crippen LogP contribution in [-0.4, -0.2) is 13.7 Å². The normalized spacial score (nSPS) is 12.3. The van der Waals surface area contributed by atoms with Gasteiger partial charge in [0.2, 0.25) is 0 Å². The quantitative estimate of drug-likeness (QED) is 0.842. The Labute approximate surface area is 119 Å². The van der Waals surface area contributed by atoms with E-state index in [1.54, 1.807) is 7.11 Å². The molecule has 0 spiro atoms. The first-order valence-corrected chi connectivity index (χ1v) is 6.80. The van der Waals surface area contributed by atoms with Crippen LogP contribution in [0.1, 0.15) is 36.5 Å². The summed E-state index contributed by atoms with van der Waals surface area (Å²) in [5.74, 6) is 2.34. The van der Waals surface area contributed by atoms with Crippen molar-refractivity contribution in [2.45, 2.75) is 26.0 Å². The van der Waals surface area contributed by atoms with Gasteiger partial charge < -0.3 is 19.6 Å². The molecule has 0 aliphatic heterocycles. The Hall–Kier alpha value is -1.78. The zero-order valence-electron chi connectivity index (χ0n) is 12.0. The van der Waals surface area contributed by atoms with Crippen molar-refractivity contribution in [1.82, 2.24) is 0 Å². The van der Waals surface area contributed by atoms with Gasteiger partial charge in [0.15, 0.2) is 0 Å². The Balaban J connectivity index is 2.12. The molecule has 1 aromatic carbocycles. The highest BCUT2D eigenvalue weighted by molar-refractivity contribution is 5.34. The Morgan fingerprint density at radius 3 is 2.85 bits per heavy atom. The fraction of sp³-hybridized carbons (Fsp3) is 0.375. The van der Waals surface area contributed by atoms with E-state index in [0.29, 0.717) is 13.2 Å². The van der Waals surface area contributed by atoms with E-state index in [-0.39, 0.29) is 6.04 Å². The summed E-state index contributed by atoms with van der Waals surface area (Å²) in [7, 11) is 1.64. The van der Waals surface area contributed by atoms with Crippen molar-refractivity contribution >= 4 is 0 Å². The van der Waals surface area contributed by atoms with Gasteiger partial charge in [-0.2, -0.15) is 0 Å². The zero-order valence-corrected chi connectivity index (χ0v) is 12.0. The van der Waals surface area contributed by atoms with Gasteiger partial charge in [-0.25, -0.2) is 0 Å². The summed E-state index contributed by atoms with van der Waals surface area (Å²) in [6, 6.07) is 11.3. The van der Waals surface area contributed by atoms with Crippen LogP contribution in [0.3, 0.4) is 0 Å². The second kappa shape index (κ2) is 7.12. The van der Waals surface area contributed by atoms with Gasteiger partial charge in [-0.15, -0.1) is 0 Å². The number of hydrogen-bond acceptors (Lipinski definition) is 4. The molecule has 2 N–H and O–H groups in total. The molecule has 1 unspecified atom stereocenters. The topological polar surface area (TPSA) is 57.6 Å². The van der Waals surface area contributed by atoms with E-state index in [9.17, 15) is 0 Å². The highest BCUT2D eigenvalue weighted by atomic mass is 16.5. The molecular formula is C16H21NO3. The molecule has 0 radical (unpaired) electrons. The highest BCUT2D eigenvalue weighted by Gasteiger charge is 2.14. The molecule has 0 saturated carbocycles. The number of methoxy groups -OCH3 is 1. The van der Waals surface area contributed by atoms with Gasteiger partial charge in [-0.3, -0.25) is 0 Å². The predicted octanol–water partition coefficient (Wildman–Crippen LogP) is 3.26. The number of furan rings is 1. The SMILES string of the molecule is CCCOc1cccc(C(N)c2ccc(COC)o2)c1. The first kappa shape index (κ1) is 14.6. The van der Waals surface area contributed by atoms with E-state index >= 15 is 0 Å². The van der Waals surface area contributed by atoms with E-state index in [1.165, 1.54) is 0 Å². The molecule has 0 saturated heterocycles. The summed E-state index contributed by atoms with van der Waals surface area (Å²) in [6.07, 6.45) is 0.981. The summed E-state index contributed by atoms with van der Waals surface area (Å²) in [5.41, 5.74) is 7.20. The Bertz CT molecular complexity index is 536. The van der Waals surface area contributed by atoms with Crippen LogP contribution in [0.2, 0.25) is 0 Å². The fourth-order valence-corrected chi connectivity index (χ4v) is 1.96. The van der Waals surface area contributed by atoms with Crippen LogP contribution in [-0.2, 0) is 11.3 Å². The summed E-state index contributed by atoms with van der Waals surface area (Å²) < 4.78 is 16.3. The maximum absolute atomic E-state index is 6.23. The second-order valence-electron chi connectivity index (χ2n) is 4.64. The Kier molecular flexibility index (Phi) is 5.21. The maximum atomic E-state index is 6.23. The minimum atomic E-state index is -0.300. The number of benzene rings is 1. The summed E-state index contributed by atoms with van der Waals surface area (Å²) >= 11 is 0. The third-order valence-electron chi connectivity index (χ3n) is 2.97. The molecular weight excluding hydrogens is 254 g/mol. The van der Waals surface area contributed by atoms with Crippen molar-refractivity contribution in [1.29, 1.82) is 0 Å². The standard InChI is InChI=1S/C16H21NO3/c1-3-9-19-13-6-4-5-12(10-13)16(17)15-8-7-14(20-15)11-18-2/h4-8,10,16H,3,9,11,17H2,1-2H3. The van der Waals surface area contributed by atoms with Crippen molar-refractivity contribution in [3.8, 4) is 5.75 Å². The number of hydrogen-bond donors (Lipinski definition) is 1. The van der Waals surface area contributed by atoms with Gasteiger partial charge in [-0.05, 0) is 36.2 Å². The smallest absolute Gasteiger partial charge is 0.129 e. The number of nitrogens with two attached hydrogens (primary N) is 1. The lowest BCUT2D eigenvalue weighted by Crippen LogP contribution is -2.11. The molecule has 0 bridgehead atoms. The average Bonchev–Trinajstić information content (AvgIpc) is 2.93. The fourth-order valence-electron chi connectivity index (χ4n) is 1.96. The number of rotatable bonds is 7. The van der Waals surface area contributed by atoms with Crippen LogP contribution in [0.5, 0.6) is 5.75 Å². The van der Waals surface area contributed by atoms with Gasteiger partial charge in [-0.1, -0.05) is 19.1 Å². The van der Waals surface area contributed by atoms with Gasteiger partial charge in [0.1, 0.15) is 23.9 Å². The third-order valence-corrected chi connectivity index (χ3v) is 2.97. The molecule has 0 amide bonds. The Morgan fingerprint density at radius 2 is 2.10 bits per heavy atom. The summed E-state index contributed by atoms with van der Waals surface area (Å²) in [4.78, 5) is 0. The lowest BCUT2D eigenvalue weighted by atomic mass is 10.1. The molecule has 1 aromatic heterocycles. The van der Waals surface area contributed by atoms with Crippen molar-refractivity contribution in [2.24, 2.45) is 5.73 Å². The Morgan fingerprint density at radius 1 is 1.25 bits per heavy atom. The van der Waals surface area contributed by atoms with Gasteiger partial charge in [0, 0.05) is 7.11 Å². The minimum Gasteiger partial charge on any atom is -0.494 e. The molecule has 4 heteroatoms. The van der Waals surface area contributed by atoms with E-state index in [4.69, 9.17) is 19.6 Å². The van der Waals surface area contributed by atoms with Gasteiger partial charge in [0.05, 0.1) is 12.6 Å². The maximum Gasteiger partial charge on any atom is 0.129 e. The van der Waals surface area contributed by atoms with E-state index < -0.39 is 0 Å². The van der Waals surface area contributed by atoms with Crippen LogP contribution in [0, 0.1) is 0 Å². The molecule has 0 aliphatic carbocycles. The largest absolute Gasteiger partial charge is 0.494 e. The monoisotopic (exact) mass is 275 g/mol. The van der Waals surface area contributed by atoms with E-state index in [1.807, 2.05) is 36.4 Å². The zero-order chi connectivity index (χ0) is 14.4. The lowest BCUT2D eigenvalue weighted by molar-refractivity contribution is 0.162. The average molecular weight is 275 g/mol. The van der Waals surface area contributed by atoms with E-state index in [0.717, 1.165) is 29.3 Å². The first-order chi connectivity index (χ1) is 9.74. The molecule has 0 fully saturated rings. The van der Waals surface area contributed by atoms with Crippen molar-refractivity contribution in [2.75, 3.05) is 13.7 Å². The van der Waals surface area contributed by atoms with Crippen LogP contribution < -0.4 is 10.5 Å². The molecule has 20 heavy (non-hydrogen) atoms. The van der Waals surface area contributed by atoms with Crippen molar-refractivity contribution in [3.05, 3.63) is 53.5 Å². The summed E-state index contributed by atoms with van der Waals surface area (Å²) in [5, 5.41) is 0. The number of ether oxygens (including phenoxy) is 2. The molecule has 108 valence electrons. The lowest BCUT2D eigenvalue weighted by Gasteiger charge is -2.11. The predicted molar refractivity (Wildman–Crippen MR) is 77.7 cm³/mol. The minimum absolute atomic E-state index is 0.300. The molecule has 0 aliphatic rings. The molecule has 1 atom stereocenters. The van der Waals surface area contributed by atoms with Crippen LogP contribution in [0.4, 0.5) is 0 Å². The van der Waals surface area contributed by atoms with Gasteiger partial charge in [0.25, 0.3) is 0 Å².